The molecule has 1 aliphatic heterocycles. The number of anilines is 1. The summed E-state index contributed by atoms with van der Waals surface area (Å²) in [6.45, 7) is 5.97. The van der Waals surface area contributed by atoms with Gasteiger partial charge in [0.2, 0.25) is 5.89 Å². The number of aromatic nitrogens is 2. The van der Waals surface area contributed by atoms with Crippen LogP contribution in [0, 0.1) is 17.0 Å². The topological polar surface area (TPSA) is 88.5 Å². The van der Waals surface area contributed by atoms with E-state index in [2.05, 4.69) is 19.9 Å². The van der Waals surface area contributed by atoms with Gasteiger partial charge in [0.15, 0.2) is 5.82 Å². The summed E-state index contributed by atoms with van der Waals surface area (Å²) in [6.07, 6.45) is 0. The summed E-state index contributed by atoms with van der Waals surface area (Å²) in [5, 5.41) is 14.5. The molecule has 1 saturated heterocycles. The fourth-order valence-corrected chi connectivity index (χ4v) is 2.54. The maximum Gasteiger partial charge on any atom is 0.269 e. The maximum absolute atomic E-state index is 10.7. The monoisotopic (exact) mass is 303 g/mol. The average molecular weight is 303 g/mol. The zero-order valence-electron chi connectivity index (χ0n) is 12.3. The third-order valence-corrected chi connectivity index (χ3v) is 3.73. The summed E-state index contributed by atoms with van der Waals surface area (Å²) >= 11 is 0. The lowest BCUT2D eigenvalue weighted by atomic mass is 10.2. The average Bonchev–Trinajstić information content (AvgIpc) is 2.93. The largest absolute Gasteiger partial charge is 0.369 e. The minimum atomic E-state index is -0.381. The Balaban J connectivity index is 1.56. The molecule has 8 heteroatoms. The van der Waals surface area contributed by atoms with Crippen molar-refractivity contribution in [2.24, 2.45) is 0 Å². The number of nitro groups is 1. The fourth-order valence-electron chi connectivity index (χ4n) is 2.54. The van der Waals surface area contributed by atoms with E-state index >= 15 is 0 Å². The van der Waals surface area contributed by atoms with Crippen LogP contribution in [-0.4, -0.2) is 46.1 Å². The van der Waals surface area contributed by atoms with Gasteiger partial charge in [-0.15, -0.1) is 0 Å². The molecule has 0 aliphatic carbocycles. The van der Waals surface area contributed by atoms with Crippen molar-refractivity contribution in [2.45, 2.75) is 13.5 Å². The standard InChI is InChI=1S/C14H17N5O3/c1-11-15-14(22-16-11)10-17-6-8-18(9-7-17)12-2-4-13(5-3-12)19(20)21/h2-5H,6-10H2,1H3. The highest BCUT2D eigenvalue weighted by Gasteiger charge is 2.19. The molecule has 22 heavy (non-hydrogen) atoms. The first kappa shape index (κ1) is 14.5. The molecule has 0 amide bonds. The molecule has 1 aromatic heterocycles. The molecule has 0 bridgehead atoms. The summed E-state index contributed by atoms with van der Waals surface area (Å²) < 4.78 is 5.13. The van der Waals surface area contributed by atoms with E-state index in [0.717, 1.165) is 31.9 Å². The molecule has 0 spiro atoms. The first-order valence-electron chi connectivity index (χ1n) is 7.13. The molecule has 2 heterocycles. The molecule has 0 saturated carbocycles. The van der Waals surface area contributed by atoms with Crippen molar-refractivity contribution in [1.82, 2.24) is 15.0 Å². The number of nitrogens with zero attached hydrogens (tertiary/aromatic N) is 5. The lowest BCUT2D eigenvalue weighted by Crippen LogP contribution is -2.46. The highest BCUT2D eigenvalue weighted by molar-refractivity contribution is 5.51. The Morgan fingerprint density at radius 1 is 1.23 bits per heavy atom. The van der Waals surface area contributed by atoms with Gasteiger partial charge in [0.25, 0.3) is 5.69 Å². The number of hydrogen-bond donors (Lipinski definition) is 0. The predicted octanol–water partition coefficient (Wildman–Crippen LogP) is 1.61. The quantitative estimate of drug-likeness (QED) is 0.626. The van der Waals surface area contributed by atoms with Gasteiger partial charge in [-0.2, -0.15) is 4.98 Å². The SMILES string of the molecule is Cc1noc(CN2CCN(c3ccc([N+](=O)[O-])cc3)CC2)n1. The zero-order chi connectivity index (χ0) is 15.5. The van der Waals surface area contributed by atoms with Crippen LogP contribution in [0.1, 0.15) is 11.7 Å². The highest BCUT2D eigenvalue weighted by Crippen LogP contribution is 2.21. The summed E-state index contributed by atoms with van der Waals surface area (Å²) in [5.41, 5.74) is 1.13. The van der Waals surface area contributed by atoms with E-state index in [1.807, 2.05) is 0 Å². The van der Waals surface area contributed by atoms with Crippen molar-refractivity contribution in [3.8, 4) is 0 Å². The van der Waals surface area contributed by atoms with E-state index in [1.54, 1.807) is 31.2 Å². The molecular formula is C14H17N5O3. The molecule has 0 atom stereocenters. The second-order valence-corrected chi connectivity index (χ2v) is 5.27. The van der Waals surface area contributed by atoms with Gasteiger partial charge in [0.1, 0.15) is 0 Å². The van der Waals surface area contributed by atoms with E-state index in [4.69, 9.17) is 4.52 Å². The lowest BCUT2D eigenvalue weighted by molar-refractivity contribution is -0.384. The van der Waals surface area contributed by atoms with Gasteiger partial charge in [0, 0.05) is 44.0 Å². The van der Waals surface area contributed by atoms with Gasteiger partial charge in [-0.1, -0.05) is 5.16 Å². The van der Waals surface area contributed by atoms with Crippen molar-refractivity contribution in [3.63, 3.8) is 0 Å². The van der Waals surface area contributed by atoms with E-state index in [0.29, 0.717) is 18.3 Å². The van der Waals surface area contributed by atoms with Crippen LogP contribution in [0.5, 0.6) is 0 Å². The van der Waals surface area contributed by atoms with E-state index in [-0.39, 0.29) is 10.6 Å². The van der Waals surface area contributed by atoms with Gasteiger partial charge in [-0.25, -0.2) is 0 Å². The van der Waals surface area contributed by atoms with Gasteiger partial charge >= 0.3 is 0 Å². The predicted molar refractivity (Wildman–Crippen MR) is 79.6 cm³/mol. The van der Waals surface area contributed by atoms with Crippen molar-refractivity contribution < 1.29 is 9.45 Å². The fraction of sp³-hybridized carbons (Fsp3) is 0.429. The number of rotatable bonds is 4. The summed E-state index contributed by atoms with van der Waals surface area (Å²) in [7, 11) is 0. The van der Waals surface area contributed by atoms with E-state index < -0.39 is 0 Å². The summed E-state index contributed by atoms with van der Waals surface area (Å²) in [5.74, 6) is 1.29. The third-order valence-electron chi connectivity index (χ3n) is 3.73. The Morgan fingerprint density at radius 2 is 1.91 bits per heavy atom. The van der Waals surface area contributed by atoms with Gasteiger partial charge < -0.3 is 9.42 Å². The molecule has 1 fully saturated rings. The number of non-ortho nitro benzene ring substituents is 1. The molecule has 2 aromatic rings. The molecule has 0 radical (unpaired) electrons. The molecule has 1 aromatic carbocycles. The minimum absolute atomic E-state index is 0.120. The first-order chi connectivity index (χ1) is 10.6. The molecule has 3 rings (SSSR count). The second-order valence-electron chi connectivity index (χ2n) is 5.27. The van der Waals surface area contributed by atoms with E-state index in [1.165, 1.54) is 0 Å². The van der Waals surface area contributed by atoms with Gasteiger partial charge in [-0.05, 0) is 19.1 Å². The van der Waals surface area contributed by atoms with Crippen LogP contribution in [0.25, 0.3) is 0 Å². The Bertz CT molecular complexity index is 647. The Labute approximate surface area is 127 Å². The Hall–Kier alpha value is -2.48. The maximum atomic E-state index is 10.7. The van der Waals surface area contributed by atoms with Crippen molar-refractivity contribution in [2.75, 3.05) is 31.1 Å². The third kappa shape index (κ3) is 3.22. The van der Waals surface area contributed by atoms with Crippen molar-refractivity contribution >= 4 is 11.4 Å². The summed E-state index contributed by atoms with van der Waals surface area (Å²) in [4.78, 5) is 19.0. The smallest absolute Gasteiger partial charge is 0.269 e. The molecule has 1 aliphatic rings. The van der Waals surface area contributed by atoms with Crippen LogP contribution >= 0.6 is 0 Å². The lowest BCUT2D eigenvalue weighted by Gasteiger charge is -2.35. The minimum Gasteiger partial charge on any atom is -0.369 e. The second kappa shape index (κ2) is 6.10. The van der Waals surface area contributed by atoms with Crippen LogP contribution in [0.15, 0.2) is 28.8 Å². The van der Waals surface area contributed by atoms with Crippen LogP contribution in [0.4, 0.5) is 11.4 Å². The van der Waals surface area contributed by atoms with Gasteiger partial charge in [-0.3, -0.25) is 15.0 Å². The highest BCUT2D eigenvalue weighted by atomic mass is 16.6. The van der Waals surface area contributed by atoms with Gasteiger partial charge in [0.05, 0.1) is 11.5 Å². The molecular weight excluding hydrogens is 286 g/mol. The number of piperazine rings is 1. The van der Waals surface area contributed by atoms with Crippen LogP contribution < -0.4 is 4.90 Å². The van der Waals surface area contributed by atoms with Crippen molar-refractivity contribution in [3.05, 3.63) is 46.1 Å². The van der Waals surface area contributed by atoms with Crippen LogP contribution in [0.3, 0.4) is 0 Å². The van der Waals surface area contributed by atoms with Crippen LogP contribution in [0.2, 0.25) is 0 Å². The van der Waals surface area contributed by atoms with Crippen molar-refractivity contribution in [1.29, 1.82) is 0 Å². The van der Waals surface area contributed by atoms with E-state index in [9.17, 15) is 10.1 Å². The number of nitro benzene ring substituents is 1. The molecule has 116 valence electrons. The Kier molecular flexibility index (Phi) is 4.01. The summed E-state index contributed by atoms with van der Waals surface area (Å²) in [6, 6.07) is 6.69. The van der Waals surface area contributed by atoms with Crippen LogP contribution in [-0.2, 0) is 6.54 Å². The number of benzene rings is 1. The Morgan fingerprint density at radius 3 is 2.45 bits per heavy atom. The molecule has 0 unspecified atom stereocenters. The number of aryl methyl sites for hydroxylation is 1. The number of hydrogen-bond acceptors (Lipinski definition) is 7. The zero-order valence-corrected chi connectivity index (χ0v) is 12.3. The first-order valence-corrected chi connectivity index (χ1v) is 7.13. The molecule has 8 nitrogen and oxygen atoms in total. The normalized spacial score (nSPS) is 16.0. The molecule has 0 N–H and O–H groups in total.